The van der Waals surface area contributed by atoms with E-state index in [-0.39, 0.29) is 6.04 Å². The Bertz CT molecular complexity index is 360. The Labute approximate surface area is 117 Å². The molecule has 0 saturated carbocycles. The molecule has 5 heteroatoms. The maximum absolute atomic E-state index is 6.00. The van der Waals surface area contributed by atoms with Crippen LogP contribution in [0.25, 0.3) is 0 Å². The van der Waals surface area contributed by atoms with Crippen LogP contribution in [0.5, 0.6) is 0 Å². The molecule has 0 bridgehead atoms. The van der Waals surface area contributed by atoms with Crippen molar-refractivity contribution in [2.75, 3.05) is 5.75 Å². The van der Waals surface area contributed by atoms with Crippen molar-refractivity contribution in [1.29, 1.82) is 0 Å². The summed E-state index contributed by atoms with van der Waals surface area (Å²) in [6, 6.07) is 5.72. The van der Waals surface area contributed by atoms with Crippen LogP contribution in [0.3, 0.4) is 0 Å². The quantitative estimate of drug-likeness (QED) is 0.614. The second-order valence-electron chi connectivity index (χ2n) is 3.94. The number of hydrazine groups is 1. The van der Waals surface area contributed by atoms with Gasteiger partial charge in [0, 0.05) is 11.0 Å². The monoisotopic (exact) mass is 292 g/mol. The van der Waals surface area contributed by atoms with Crippen LogP contribution in [-0.4, -0.2) is 11.0 Å². The molecular weight excluding hydrogens is 275 g/mol. The zero-order valence-corrected chi connectivity index (χ0v) is 12.4. The molecule has 0 aromatic heterocycles. The van der Waals surface area contributed by atoms with Crippen molar-refractivity contribution in [3.63, 3.8) is 0 Å². The van der Waals surface area contributed by atoms with E-state index >= 15 is 0 Å². The Morgan fingerprint density at radius 2 is 2.06 bits per heavy atom. The van der Waals surface area contributed by atoms with Gasteiger partial charge in [0.25, 0.3) is 0 Å². The molecular formula is C12H18Cl2N2S. The number of nitrogens with two attached hydrogens (primary N) is 1. The molecule has 0 amide bonds. The summed E-state index contributed by atoms with van der Waals surface area (Å²) in [6.07, 6.45) is 1.16. The fourth-order valence-corrected chi connectivity index (χ4v) is 2.70. The van der Waals surface area contributed by atoms with Crippen LogP contribution < -0.4 is 11.3 Å². The predicted octanol–water partition coefficient (Wildman–Crippen LogP) is 4.03. The maximum atomic E-state index is 6.00. The molecule has 17 heavy (non-hydrogen) atoms. The minimum atomic E-state index is 0.101. The first-order valence-electron chi connectivity index (χ1n) is 5.61. The van der Waals surface area contributed by atoms with Crippen LogP contribution >= 0.6 is 35.0 Å². The largest absolute Gasteiger partial charge is 0.271 e. The summed E-state index contributed by atoms with van der Waals surface area (Å²) in [4.78, 5) is 0. The zero-order chi connectivity index (χ0) is 12.8. The van der Waals surface area contributed by atoms with E-state index in [4.69, 9.17) is 29.0 Å². The molecule has 0 heterocycles. The van der Waals surface area contributed by atoms with Crippen LogP contribution in [0.4, 0.5) is 0 Å². The van der Waals surface area contributed by atoms with E-state index in [1.54, 1.807) is 6.07 Å². The highest BCUT2D eigenvalue weighted by molar-refractivity contribution is 7.99. The summed E-state index contributed by atoms with van der Waals surface area (Å²) < 4.78 is 0. The van der Waals surface area contributed by atoms with Gasteiger partial charge in [-0.2, -0.15) is 11.8 Å². The van der Waals surface area contributed by atoms with E-state index < -0.39 is 0 Å². The number of rotatable bonds is 6. The van der Waals surface area contributed by atoms with Crippen molar-refractivity contribution < 1.29 is 0 Å². The smallest absolute Gasteiger partial charge is 0.0595 e. The van der Waals surface area contributed by atoms with Gasteiger partial charge < -0.3 is 0 Å². The van der Waals surface area contributed by atoms with E-state index in [2.05, 4.69) is 19.3 Å². The van der Waals surface area contributed by atoms with Crippen molar-refractivity contribution in [3.8, 4) is 0 Å². The van der Waals surface area contributed by atoms with Crippen molar-refractivity contribution >= 4 is 35.0 Å². The predicted molar refractivity (Wildman–Crippen MR) is 78.7 cm³/mol. The highest BCUT2D eigenvalue weighted by Gasteiger charge is 2.12. The van der Waals surface area contributed by atoms with Gasteiger partial charge in [-0.25, -0.2) is 0 Å². The van der Waals surface area contributed by atoms with Crippen LogP contribution in [-0.2, 0) is 0 Å². The van der Waals surface area contributed by atoms with E-state index in [0.717, 1.165) is 17.7 Å². The van der Waals surface area contributed by atoms with Crippen molar-refractivity contribution in [3.05, 3.63) is 33.8 Å². The average Bonchev–Trinajstić information content (AvgIpc) is 2.33. The van der Waals surface area contributed by atoms with Gasteiger partial charge in [-0.1, -0.05) is 43.1 Å². The third-order valence-corrected chi connectivity index (χ3v) is 4.84. The number of nitrogens with one attached hydrogen (secondary N) is 1. The van der Waals surface area contributed by atoms with E-state index in [9.17, 15) is 0 Å². The van der Waals surface area contributed by atoms with Gasteiger partial charge in [0.05, 0.1) is 16.1 Å². The lowest BCUT2D eigenvalue weighted by Gasteiger charge is -2.18. The minimum Gasteiger partial charge on any atom is -0.271 e. The van der Waals surface area contributed by atoms with Crippen LogP contribution in [0.15, 0.2) is 18.2 Å². The van der Waals surface area contributed by atoms with Gasteiger partial charge in [-0.15, -0.1) is 0 Å². The Morgan fingerprint density at radius 3 is 2.59 bits per heavy atom. The third-order valence-electron chi connectivity index (χ3n) is 2.67. The number of halogens is 2. The normalized spacial score (nSPS) is 14.6. The van der Waals surface area contributed by atoms with Gasteiger partial charge in [-0.3, -0.25) is 11.3 Å². The van der Waals surface area contributed by atoms with Gasteiger partial charge in [0.1, 0.15) is 0 Å². The summed E-state index contributed by atoms with van der Waals surface area (Å²) in [7, 11) is 0. The Kier molecular flexibility index (Phi) is 6.67. The topological polar surface area (TPSA) is 38.0 Å². The van der Waals surface area contributed by atoms with Gasteiger partial charge in [0.2, 0.25) is 0 Å². The van der Waals surface area contributed by atoms with Crippen molar-refractivity contribution in [2.45, 2.75) is 31.6 Å². The van der Waals surface area contributed by atoms with Crippen molar-refractivity contribution in [1.82, 2.24) is 5.43 Å². The SMILES string of the molecule is CCC(C)SCC(NN)c1ccc(Cl)c(Cl)c1. The Balaban J connectivity index is 2.69. The second-order valence-corrected chi connectivity index (χ2v) is 6.23. The first-order valence-corrected chi connectivity index (χ1v) is 7.41. The average molecular weight is 293 g/mol. The molecule has 0 fully saturated rings. The van der Waals surface area contributed by atoms with E-state index in [0.29, 0.717) is 15.3 Å². The number of hydrogen-bond donors (Lipinski definition) is 2. The molecule has 3 N–H and O–H groups in total. The summed E-state index contributed by atoms with van der Waals surface area (Å²) in [5, 5.41) is 1.77. The lowest BCUT2D eigenvalue weighted by molar-refractivity contribution is 0.609. The molecule has 1 aromatic rings. The summed E-state index contributed by atoms with van der Waals surface area (Å²) in [5.74, 6) is 6.50. The highest BCUT2D eigenvalue weighted by atomic mass is 35.5. The molecule has 0 aliphatic heterocycles. The Hall–Kier alpha value is 0.0700. The number of benzene rings is 1. The highest BCUT2D eigenvalue weighted by Crippen LogP contribution is 2.28. The molecule has 0 spiro atoms. The first kappa shape index (κ1) is 15.1. The molecule has 2 nitrogen and oxygen atoms in total. The standard InChI is InChI=1S/C12H18Cl2N2S/c1-3-8(2)17-7-12(16-15)9-4-5-10(13)11(14)6-9/h4-6,8,12,16H,3,7,15H2,1-2H3. The van der Waals surface area contributed by atoms with Gasteiger partial charge >= 0.3 is 0 Å². The molecule has 0 saturated heterocycles. The van der Waals surface area contributed by atoms with Crippen LogP contribution in [0.1, 0.15) is 31.9 Å². The van der Waals surface area contributed by atoms with Gasteiger partial charge in [0.15, 0.2) is 0 Å². The molecule has 2 unspecified atom stereocenters. The molecule has 1 rings (SSSR count). The lowest BCUT2D eigenvalue weighted by atomic mass is 10.1. The molecule has 2 atom stereocenters. The summed E-state index contributed by atoms with van der Waals surface area (Å²) >= 11 is 13.8. The molecule has 0 aliphatic rings. The fraction of sp³-hybridized carbons (Fsp3) is 0.500. The van der Waals surface area contributed by atoms with Crippen LogP contribution in [0, 0.1) is 0 Å². The molecule has 1 aromatic carbocycles. The Morgan fingerprint density at radius 1 is 1.35 bits per heavy atom. The second kappa shape index (κ2) is 7.49. The molecule has 0 aliphatic carbocycles. The number of hydrogen-bond acceptors (Lipinski definition) is 3. The molecule has 96 valence electrons. The fourth-order valence-electron chi connectivity index (χ4n) is 1.35. The molecule has 0 radical (unpaired) electrons. The minimum absolute atomic E-state index is 0.101. The number of thioether (sulfide) groups is 1. The van der Waals surface area contributed by atoms with Crippen molar-refractivity contribution in [2.24, 2.45) is 5.84 Å². The van der Waals surface area contributed by atoms with Crippen LogP contribution in [0.2, 0.25) is 10.0 Å². The zero-order valence-electron chi connectivity index (χ0n) is 10.0. The third kappa shape index (κ3) is 4.68. The van der Waals surface area contributed by atoms with E-state index in [1.807, 2.05) is 23.9 Å². The summed E-state index contributed by atoms with van der Waals surface area (Å²) in [5.41, 5.74) is 3.89. The first-order chi connectivity index (χ1) is 8.08. The maximum Gasteiger partial charge on any atom is 0.0595 e. The lowest BCUT2D eigenvalue weighted by Crippen LogP contribution is -2.30. The van der Waals surface area contributed by atoms with E-state index in [1.165, 1.54) is 0 Å². The summed E-state index contributed by atoms with van der Waals surface area (Å²) in [6.45, 7) is 4.40. The van der Waals surface area contributed by atoms with Gasteiger partial charge in [-0.05, 0) is 24.1 Å².